The zero-order valence-corrected chi connectivity index (χ0v) is 12.5. The summed E-state index contributed by atoms with van der Waals surface area (Å²) in [7, 11) is 0. The number of fused-ring (bicyclic) bond motifs is 1. The summed E-state index contributed by atoms with van der Waals surface area (Å²) in [6, 6.07) is -0.389. The molecule has 2 rings (SSSR count). The highest BCUT2D eigenvalue weighted by Crippen LogP contribution is 2.34. The van der Waals surface area contributed by atoms with Crippen LogP contribution in [-0.4, -0.2) is 46.9 Å². The van der Waals surface area contributed by atoms with Crippen LogP contribution in [0.2, 0.25) is 0 Å². The van der Waals surface area contributed by atoms with Crippen molar-refractivity contribution in [2.75, 3.05) is 0 Å². The Balaban J connectivity index is 2.05. The van der Waals surface area contributed by atoms with Gasteiger partial charge in [-0.05, 0) is 34.6 Å². The third-order valence-corrected chi connectivity index (χ3v) is 3.05. The lowest BCUT2D eigenvalue weighted by Gasteiger charge is -2.31. The van der Waals surface area contributed by atoms with Crippen LogP contribution in [-0.2, 0) is 14.2 Å². The molecule has 1 aliphatic heterocycles. The van der Waals surface area contributed by atoms with Crippen molar-refractivity contribution >= 4 is 6.09 Å². The Morgan fingerprint density at radius 2 is 1.85 bits per heavy atom. The number of hydrogen-bond donors (Lipinski definition) is 2. The standard InChI is InChI=1S/C14H23NO5/c1-13(2,3)20-12(17)15-8-6-7-9(16)11-10(8)18-14(4,5)19-11/h6-11,16H,1-5H3,(H,15,17)/t8-,9+,10-,11+/m1/s1. The van der Waals surface area contributed by atoms with Crippen molar-refractivity contribution in [3.63, 3.8) is 0 Å². The highest BCUT2D eigenvalue weighted by molar-refractivity contribution is 5.68. The number of carbonyl (C=O) groups excluding carboxylic acids is 1. The van der Waals surface area contributed by atoms with E-state index in [9.17, 15) is 9.90 Å². The number of hydrogen-bond acceptors (Lipinski definition) is 5. The summed E-state index contributed by atoms with van der Waals surface area (Å²) < 4.78 is 16.7. The van der Waals surface area contributed by atoms with Gasteiger partial charge < -0.3 is 24.6 Å². The first kappa shape index (κ1) is 15.3. The number of rotatable bonds is 1. The van der Waals surface area contributed by atoms with Crippen LogP contribution in [0, 0.1) is 0 Å². The Morgan fingerprint density at radius 1 is 1.25 bits per heavy atom. The van der Waals surface area contributed by atoms with E-state index in [2.05, 4.69) is 5.32 Å². The smallest absolute Gasteiger partial charge is 0.408 e. The quantitative estimate of drug-likeness (QED) is 0.711. The number of ether oxygens (including phenoxy) is 3. The summed E-state index contributed by atoms with van der Waals surface area (Å²) in [4.78, 5) is 11.8. The maximum Gasteiger partial charge on any atom is 0.408 e. The van der Waals surface area contributed by atoms with Crippen LogP contribution in [0.15, 0.2) is 12.2 Å². The fraction of sp³-hybridized carbons (Fsp3) is 0.786. The van der Waals surface area contributed by atoms with Gasteiger partial charge in [-0.15, -0.1) is 0 Å². The second-order valence-corrected chi connectivity index (χ2v) is 6.61. The van der Waals surface area contributed by atoms with E-state index in [1.54, 1.807) is 46.8 Å². The van der Waals surface area contributed by atoms with E-state index < -0.39 is 35.8 Å². The van der Waals surface area contributed by atoms with E-state index in [0.717, 1.165) is 0 Å². The molecule has 1 aliphatic carbocycles. The van der Waals surface area contributed by atoms with Crippen molar-refractivity contribution in [2.45, 2.75) is 70.4 Å². The van der Waals surface area contributed by atoms with E-state index in [1.165, 1.54) is 0 Å². The van der Waals surface area contributed by atoms with Crippen LogP contribution in [0.25, 0.3) is 0 Å². The van der Waals surface area contributed by atoms with Crippen LogP contribution in [0.4, 0.5) is 4.79 Å². The molecule has 0 spiro atoms. The summed E-state index contributed by atoms with van der Waals surface area (Å²) in [5, 5.41) is 12.7. The van der Waals surface area contributed by atoms with Crippen LogP contribution >= 0.6 is 0 Å². The molecular weight excluding hydrogens is 262 g/mol. The third kappa shape index (κ3) is 3.50. The molecular formula is C14H23NO5. The lowest BCUT2D eigenvalue weighted by atomic mass is 9.94. The molecule has 2 N–H and O–H groups in total. The Bertz CT molecular complexity index is 412. The lowest BCUT2D eigenvalue weighted by molar-refractivity contribution is -0.152. The van der Waals surface area contributed by atoms with E-state index in [-0.39, 0.29) is 6.04 Å². The van der Waals surface area contributed by atoms with Gasteiger partial charge in [-0.1, -0.05) is 12.2 Å². The van der Waals surface area contributed by atoms with E-state index >= 15 is 0 Å². The number of aliphatic hydroxyl groups is 1. The van der Waals surface area contributed by atoms with Crippen molar-refractivity contribution < 1.29 is 24.1 Å². The molecule has 0 saturated carbocycles. The largest absolute Gasteiger partial charge is 0.444 e. The SMILES string of the molecule is CC(C)(C)OC(=O)N[C@@H]1C=C[C@H](O)[C@@H]2OC(C)(C)O[C@@H]21. The topological polar surface area (TPSA) is 77.0 Å². The van der Waals surface area contributed by atoms with E-state index in [4.69, 9.17) is 14.2 Å². The van der Waals surface area contributed by atoms with Crippen LogP contribution in [0.1, 0.15) is 34.6 Å². The number of nitrogens with one attached hydrogen (secondary N) is 1. The molecule has 4 atom stereocenters. The number of aliphatic hydroxyl groups excluding tert-OH is 1. The van der Waals surface area contributed by atoms with Gasteiger partial charge in [0.15, 0.2) is 5.79 Å². The molecule has 1 fully saturated rings. The van der Waals surface area contributed by atoms with E-state index in [1.807, 2.05) is 0 Å². The first-order valence-corrected chi connectivity index (χ1v) is 6.79. The first-order chi connectivity index (χ1) is 9.07. The minimum absolute atomic E-state index is 0.389. The molecule has 0 bridgehead atoms. The maximum absolute atomic E-state index is 11.8. The van der Waals surface area contributed by atoms with Crippen molar-refractivity contribution in [3.8, 4) is 0 Å². The molecule has 0 radical (unpaired) electrons. The summed E-state index contributed by atoms with van der Waals surface area (Å²) in [5.41, 5.74) is -0.562. The van der Waals surface area contributed by atoms with Gasteiger partial charge in [0.2, 0.25) is 0 Å². The van der Waals surface area contributed by atoms with Crippen LogP contribution in [0.5, 0.6) is 0 Å². The van der Waals surface area contributed by atoms with Gasteiger partial charge in [-0.2, -0.15) is 0 Å². The third-order valence-electron chi connectivity index (χ3n) is 3.05. The average molecular weight is 285 g/mol. The fourth-order valence-electron chi connectivity index (χ4n) is 2.39. The van der Waals surface area contributed by atoms with Gasteiger partial charge in [-0.25, -0.2) is 4.79 Å². The Hall–Kier alpha value is -1.11. The molecule has 1 amide bonds. The number of carbonyl (C=O) groups is 1. The van der Waals surface area contributed by atoms with Crippen molar-refractivity contribution in [1.82, 2.24) is 5.32 Å². The molecule has 114 valence electrons. The zero-order chi connectivity index (χ0) is 15.1. The molecule has 0 aromatic heterocycles. The van der Waals surface area contributed by atoms with Crippen molar-refractivity contribution in [1.29, 1.82) is 0 Å². The molecule has 6 nitrogen and oxygen atoms in total. The minimum atomic E-state index is -0.782. The normalized spacial score (nSPS) is 35.5. The fourth-order valence-corrected chi connectivity index (χ4v) is 2.39. The Kier molecular flexibility index (Phi) is 3.83. The van der Waals surface area contributed by atoms with Gasteiger partial charge >= 0.3 is 6.09 Å². The Morgan fingerprint density at radius 3 is 2.45 bits per heavy atom. The molecule has 1 saturated heterocycles. The predicted octanol–water partition coefficient (Wildman–Crippen LogP) is 1.33. The van der Waals surface area contributed by atoms with Gasteiger partial charge in [0.1, 0.15) is 23.9 Å². The monoisotopic (exact) mass is 285 g/mol. The average Bonchev–Trinajstić information content (AvgIpc) is 2.56. The van der Waals surface area contributed by atoms with Crippen molar-refractivity contribution in [3.05, 3.63) is 12.2 Å². The van der Waals surface area contributed by atoms with Gasteiger partial charge in [-0.3, -0.25) is 0 Å². The van der Waals surface area contributed by atoms with Crippen LogP contribution < -0.4 is 5.32 Å². The lowest BCUT2D eigenvalue weighted by Crippen LogP contribution is -2.52. The minimum Gasteiger partial charge on any atom is -0.444 e. The molecule has 0 aromatic rings. The number of amides is 1. The highest BCUT2D eigenvalue weighted by atomic mass is 16.8. The van der Waals surface area contributed by atoms with Gasteiger partial charge in [0, 0.05) is 0 Å². The summed E-state index contributed by atoms with van der Waals surface area (Å²) in [6.07, 6.45) is 1.13. The first-order valence-electron chi connectivity index (χ1n) is 6.79. The molecule has 2 aliphatic rings. The molecule has 6 heteroatoms. The predicted molar refractivity (Wildman–Crippen MR) is 72.1 cm³/mol. The molecule has 20 heavy (non-hydrogen) atoms. The number of alkyl carbamates (subject to hydrolysis) is 1. The zero-order valence-electron chi connectivity index (χ0n) is 12.5. The molecule has 0 aromatic carbocycles. The van der Waals surface area contributed by atoms with Gasteiger partial charge in [0.25, 0.3) is 0 Å². The van der Waals surface area contributed by atoms with E-state index in [0.29, 0.717) is 0 Å². The molecule has 1 heterocycles. The second kappa shape index (κ2) is 5.02. The highest BCUT2D eigenvalue weighted by Gasteiger charge is 2.49. The van der Waals surface area contributed by atoms with Crippen LogP contribution in [0.3, 0.4) is 0 Å². The summed E-state index contributed by atoms with van der Waals surface area (Å²) in [6.45, 7) is 8.96. The maximum atomic E-state index is 11.8. The summed E-state index contributed by atoms with van der Waals surface area (Å²) >= 11 is 0. The van der Waals surface area contributed by atoms with Crippen molar-refractivity contribution in [2.24, 2.45) is 0 Å². The summed E-state index contributed by atoms with van der Waals surface area (Å²) in [5.74, 6) is -0.782. The Labute approximate surface area is 119 Å². The second-order valence-electron chi connectivity index (χ2n) is 6.61. The molecule has 0 unspecified atom stereocenters. The van der Waals surface area contributed by atoms with Gasteiger partial charge in [0.05, 0.1) is 6.04 Å².